The predicted molar refractivity (Wildman–Crippen MR) is 50.7 cm³/mol. The summed E-state index contributed by atoms with van der Waals surface area (Å²) in [6.45, 7) is 2.83. The van der Waals surface area contributed by atoms with Gasteiger partial charge >= 0.3 is 18.5 Å². The summed E-state index contributed by atoms with van der Waals surface area (Å²) in [5.74, 6) is 0. The summed E-state index contributed by atoms with van der Waals surface area (Å²) in [5.41, 5.74) is -8.95. The second-order valence-corrected chi connectivity index (χ2v) is 3.90. The molecule has 0 amide bonds. The molecule has 20 heavy (non-hydrogen) atoms. The summed E-state index contributed by atoms with van der Waals surface area (Å²) in [7, 11) is 0. The number of rotatable bonds is 1. The Hall–Kier alpha value is -1.41. The second-order valence-electron chi connectivity index (χ2n) is 3.90. The van der Waals surface area contributed by atoms with Gasteiger partial charge in [-0.05, 0) is 18.1 Å². The summed E-state index contributed by atoms with van der Waals surface area (Å²) in [5, 5.41) is 0. The molecule has 0 saturated heterocycles. The number of hydrogen-bond donors (Lipinski definition) is 0. The van der Waals surface area contributed by atoms with Crippen molar-refractivity contribution in [3.05, 3.63) is 42.3 Å². The van der Waals surface area contributed by atoms with Crippen LogP contribution in [0.1, 0.15) is 11.1 Å². The van der Waals surface area contributed by atoms with Crippen molar-refractivity contribution in [2.45, 2.75) is 23.9 Å². The molecule has 0 aliphatic carbocycles. The van der Waals surface area contributed by atoms with Crippen molar-refractivity contribution in [3.8, 4) is 0 Å². The van der Waals surface area contributed by atoms with Crippen LogP contribution in [0.4, 0.5) is 39.5 Å². The Morgan fingerprint density at radius 1 is 0.650 bits per heavy atom. The minimum atomic E-state index is -6.61. The van der Waals surface area contributed by atoms with Crippen LogP contribution in [0, 0.1) is 6.92 Å². The van der Waals surface area contributed by atoms with Gasteiger partial charge in [-0.1, -0.05) is 24.3 Å². The molecule has 0 spiro atoms. The van der Waals surface area contributed by atoms with E-state index in [9.17, 15) is 39.5 Å². The van der Waals surface area contributed by atoms with Gasteiger partial charge in [-0.15, -0.1) is 0 Å². The van der Waals surface area contributed by atoms with E-state index in [4.69, 9.17) is 0 Å². The molecule has 1 radical (unpaired) electrons. The van der Waals surface area contributed by atoms with Crippen molar-refractivity contribution in [2.24, 2.45) is 0 Å². The van der Waals surface area contributed by atoms with Crippen molar-refractivity contribution >= 4 is 0 Å². The first-order valence-corrected chi connectivity index (χ1v) is 4.88. The zero-order chi connectivity index (χ0) is 16.0. The van der Waals surface area contributed by atoms with Crippen molar-refractivity contribution in [1.82, 2.24) is 0 Å². The fourth-order valence-electron chi connectivity index (χ4n) is 1.83. The van der Waals surface area contributed by atoms with E-state index in [0.717, 1.165) is 6.07 Å². The number of hydrogen-bond acceptors (Lipinski definition) is 0. The lowest BCUT2D eigenvalue weighted by Gasteiger charge is -2.39. The van der Waals surface area contributed by atoms with Crippen LogP contribution in [0.5, 0.6) is 0 Å². The monoisotopic (exact) mass is 309 g/mol. The highest BCUT2D eigenvalue weighted by Gasteiger charge is 2.84. The topological polar surface area (TPSA) is 0 Å². The maximum Gasteiger partial charge on any atom is 0.416 e. The Balaban J connectivity index is 3.88. The van der Waals surface area contributed by atoms with Gasteiger partial charge in [0.2, 0.25) is 0 Å². The molecule has 1 aromatic rings. The molecule has 0 bridgehead atoms. The van der Waals surface area contributed by atoms with Crippen molar-refractivity contribution in [1.29, 1.82) is 0 Å². The third-order valence-electron chi connectivity index (χ3n) is 2.70. The van der Waals surface area contributed by atoms with Crippen LogP contribution in [-0.2, 0) is 5.41 Å². The maximum atomic E-state index is 12.8. The highest BCUT2D eigenvalue weighted by molar-refractivity contribution is 5.41. The summed E-state index contributed by atoms with van der Waals surface area (Å²) >= 11 is 0. The smallest absolute Gasteiger partial charge is 0.169 e. The molecule has 0 saturated carbocycles. The minimum absolute atomic E-state index is 0.122. The first kappa shape index (κ1) is 16.6. The van der Waals surface area contributed by atoms with Gasteiger partial charge < -0.3 is 0 Å². The SMILES string of the molecule is [CH2]c1ccccc1C(C(F)(F)F)(C(F)(F)F)C(F)(F)F. The first-order chi connectivity index (χ1) is 8.77. The molecule has 0 nitrogen and oxygen atoms in total. The van der Waals surface area contributed by atoms with Crippen LogP contribution in [0.25, 0.3) is 0 Å². The van der Waals surface area contributed by atoms with Gasteiger partial charge in [0.05, 0.1) is 0 Å². The summed E-state index contributed by atoms with van der Waals surface area (Å²) in [6, 6.07) is 2.41. The van der Waals surface area contributed by atoms with Crippen molar-refractivity contribution in [2.75, 3.05) is 0 Å². The Morgan fingerprint density at radius 2 is 1.00 bits per heavy atom. The van der Waals surface area contributed by atoms with Crippen LogP contribution in [0.15, 0.2) is 24.3 Å². The van der Waals surface area contributed by atoms with E-state index < -0.39 is 35.1 Å². The molecule has 0 aliphatic heterocycles. The van der Waals surface area contributed by atoms with Crippen LogP contribution >= 0.6 is 0 Å². The van der Waals surface area contributed by atoms with E-state index in [0.29, 0.717) is 12.1 Å². The lowest BCUT2D eigenvalue weighted by Crippen LogP contribution is -2.63. The normalized spacial score (nSPS) is 14.5. The molecular formula is C11H6F9. The Labute approximate surface area is 107 Å². The van der Waals surface area contributed by atoms with Gasteiger partial charge in [-0.2, -0.15) is 39.5 Å². The van der Waals surface area contributed by atoms with Crippen LogP contribution in [0.2, 0.25) is 0 Å². The second kappa shape index (κ2) is 4.56. The molecule has 1 aromatic carbocycles. The number of alkyl halides is 9. The minimum Gasteiger partial charge on any atom is -0.169 e. The lowest BCUT2D eigenvalue weighted by molar-refractivity contribution is -0.387. The van der Waals surface area contributed by atoms with Crippen molar-refractivity contribution in [3.63, 3.8) is 0 Å². The zero-order valence-electron chi connectivity index (χ0n) is 9.42. The van der Waals surface area contributed by atoms with Gasteiger partial charge in [-0.25, -0.2) is 0 Å². The molecular weight excluding hydrogens is 303 g/mol. The van der Waals surface area contributed by atoms with Crippen molar-refractivity contribution < 1.29 is 39.5 Å². The molecule has 113 valence electrons. The number of halogens is 9. The molecule has 0 aromatic heterocycles. The van der Waals surface area contributed by atoms with E-state index in [-0.39, 0.29) is 6.07 Å². The largest absolute Gasteiger partial charge is 0.416 e. The molecule has 0 atom stereocenters. The fourth-order valence-corrected chi connectivity index (χ4v) is 1.83. The highest BCUT2D eigenvalue weighted by Crippen LogP contribution is 2.60. The van der Waals surface area contributed by atoms with E-state index in [1.165, 1.54) is 0 Å². The Morgan fingerprint density at radius 3 is 1.30 bits per heavy atom. The van der Waals surface area contributed by atoms with Crippen LogP contribution in [0.3, 0.4) is 0 Å². The van der Waals surface area contributed by atoms with E-state index in [2.05, 4.69) is 6.92 Å². The highest BCUT2D eigenvalue weighted by atomic mass is 19.4. The Bertz CT molecular complexity index is 442. The molecule has 0 fully saturated rings. The Kier molecular flexibility index (Phi) is 3.79. The third kappa shape index (κ3) is 2.22. The number of benzene rings is 1. The molecule has 0 unspecified atom stereocenters. The zero-order valence-corrected chi connectivity index (χ0v) is 9.42. The summed E-state index contributed by atoms with van der Waals surface area (Å²) in [4.78, 5) is 0. The van der Waals surface area contributed by atoms with Gasteiger partial charge in [0.25, 0.3) is 5.41 Å². The molecule has 9 heteroatoms. The standard InChI is InChI=1S/C11H6F9/c1-6-4-2-3-5-7(6)8(9(12,13)14,10(15,16)17)11(18,19)20/h2-5H,1H2. The van der Waals surface area contributed by atoms with Gasteiger partial charge in [0, 0.05) is 0 Å². The summed E-state index contributed by atoms with van der Waals surface area (Å²) in [6.07, 6.45) is -19.8. The molecule has 0 heterocycles. The molecule has 0 N–H and O–H groups in total. The van der Waals surface area contributed by atoms with E-state index in [1.54, 1.807) is 0 Å². The van der Waals surface area contributed by atoms with Gasteiger partial charge in [-0.3, -0.25) is 0 Å². The van der Waals surface area contributed by atoms with Crippen LogP contribution < -0.4 is 0 Å². The predicted octanol–water partition coefficient (Wildman–Crippen LogP) is 4.79. The molecule has 1 rings (SSSR count). The third-order valence-corrected chi connectivity index (χ3v) is 2.70. The maximum absolute atomic E-state index is 12.8. The summed E-state index contributed by atoms with van der Waals surface area (Å²) < 4.78 is 115. The first-order valence-electron chi connectivity index (χ1n) is 4.88. The van der Waals surface area contributed by atoms with E-state index in [1.807, 2.05) is 0 Å². The van der Waals surface area contributed by atoms with Gasteiger partial charge in [0.1, 0.15) is 0 Å². The average molecular weight is 309 g/mol. The lowest BCUT2D eigenvalue weighted by atomic mass is 9.76. The molecule has 0 aliphatic rings. The average Bonchev–Trinajstić information content (AvgIpc) is 2.14. The van der Waals surface area contributed by atoms with Gasteiger partial charge in [0.15, 0.2) is 0 Å². The van der Waals surface area contributed by atoms with E-state index >= 15 is 0 Å². The van der Waals surface area contributed by atoms with Crippen LogP contribution in [-0.4, -0.2) is 18.5 Å². The fraction of sp³-hybridized carbons (Fsp3) is 0.364. The quantitative estimate of drug-likeness (QED) is 0.654.